The summed E-state index contributed by atoms with van der Waals surface area (Å²) in [5.74, 6) is -0.291. The quantitative estimate of drug-likeness (QED) is 0.806. The summed E-state index contributed by atoms with van der Waals surface area (Å²) >= 11 is 9.24. The van der Waals surface area contributed by atoms with Crippen LogP contribution in [0.25, 0.3) is 0 Å². The molecule has 0 atom stereocenters. The standard InChI is InChI=1S/C14H7BrClO2/c15-10-6-5-9(8-17)12(7-10)14(18)11-3-1-2-4-13(11)16/h1-7H. The summed E-state index contributed by atoms with van der Waals surface area (Å²) in [5, 5.41) is 0.360. The van der Waals surface area contributed by atoms with Crippen molar-refractivity contribution in [2.75, 3.05) is 0 Å². The summed E-state index contributed by atoms with van der Waals surface area (Å²) in [6, 6.07) is 11.5. The van der Waals surface area contributed by atoms with Gasteiger partial charge in [0.2, 0.25) is 6.29 Å². The minimum absolute atomic E-state index is 0.225. The fourth-order valence-electron chi connectivity index (χ4n) is 1.58. The van der Waals surface area contributed by atoms with Crippen molar-refractivity contribution in [1.29, 1.82) is 0 Å². The van der Waals surface area contributed by atoms with E-state index >= 15 is 0 Å². The highest BCUT2D eigenvalue weighted by atomic mass is 79.9. The predicted molar refractivity (Wildman–Crippen MR) is 73.8 cm³/mol. The van der Waals surface area contributed by atoms with Crippen molar-refractivity contribution in [2.45, 2.75) is 0 Å². The SMILES string of the molecule is O=[C]c1ccc(Br)cc1C(=O)c1ccccc1Cl. The van der Waals surface area contributed by atoms with Crippen LogP contribution in [0.3, 0.4) is 0 Å². The van der Waals surface area contributed by atoms with Crippen molar-refractivity contribution in [3.63, 3.8) is 0 Å². The summed E-state index contributed by atoms with van der Waals surface area (Å²) in [7, 11) is 0. The molecule has 1 radical (unpaired) electrons. The summed E-state index contributed by atoms with van der Waals surface area (Å²) < 4.78 is 0.719. The van der Waals surface area contributed by atoms with Crippen LogP contribution >= 0.6 is 27.5 Å². The van der Waals surface area contributed by atoms with Gasteiger partial charge in [-0.25, -0.2) is 0 Å². The zero-order valence-corrected chi connectivity index (χ0v) is 11.5. The van der Waals surface area contributed by atoms with E-state index in [1.165, 1.54) is 0 Å². The summed E-state index contributed by atoms with van der Waals surface area (Å²) in [5.41, 5.74) is 0.879. The number of benzene rings is 2. The Labute approximate surface area is 118 Å². The first kappa shape index (κ1) is 13.0. The number of carbonyl (C=O) groups is 1. The van der Waals surface area contributed by atoms with Crippen LogP contribution in [0.2, 0.25) is 5.02 Å². The first-order valence-electron chi connectivity index (χ1n) is 5.10. The Morgan fingerprint density at radius 1 is 1.11 bits per heavy atom. The lowest BCUT2D eigenvalue weighted by molar-refractivity contribution is 0.103. The van der Waals surface area contributed by atoms with Gasteiger partial charge in [0.1, 0.15) is 0 Å². The Bertz CT molecular complexity index is 623. The van der Waals surface area contributed by atoms with Crippen LogP contribution in [0, 0.1) is 0 Å². The van der Waals surface area contributed by atoms with Gasteiger partial charge in [-0.3, -0.25) is 9.59 Å². The van der Waals surface area contributed by atoms with Gasteiger partial charge in [0.05, 0.1) is 5.02 Å². The maximum atomic E-state index is 12.3. The number of ketones is 1. The minimum atomic E-state index is -0.291. The molecule has 4 heteroatoms. The van der Waals surface area contributed by atoms with E-state index in [1.54, 1.807) is 48.8 Å². The van der Waals surface area contributed by atoms with Crippen LogP contribution in [0.15, 0.2) is 46.9 Å². The van der Waals surface area contributed by atoms with E-state index < -0.39 is 0 Å². The van der Waals surface area contributed by atoms with E-state index in [0.29, 0.717) is 10.6 Å². The largest absolute Gasteiger partial charge is 0.289 e. The molecule has 2 nitrogen and oxygen atoms in total. The van der Waals surface area contributed by atoms with Crippen LogP contribution in [-0.4, -0.2) is 12.1 Å². The number of hydrogen-bond acceptors (Lipinski definition) is 2. The topological polar surface area (TPSA) is 34.1 Å². The zero-order valence-electron chi connectivity index (χ0n) is 9.11. The molecule has 0 aliphatic carbocycles. The molecular weight excluding hydrogens is 316 g/mol. The maximum absolute atomic E-state index is 12.3. The monoisotopic (exact) mass is 321 g/mol. The first-order valence-corrected chi connectivity index (χ1v) is 6.27. The van der Waals surface area contributed by atoms with E-state index in [1.807, 2.05) is 0 Å². The van der Waals surface area contributed by atoms with Gasteiger partial charge in [-0.2, -0.15) is 0 Å². The van der Waals surface area contributed by atoms with Crippen LogP contribution in [0.1, 0.15) is 21.5 Å². The molecule has 0 heterocycles. The highest BCUT2D eigenvalue weighted by Gasteiger charge is 2.16. The molecule has 0 saturated heterocycles. The average molecular weight is 323 g/mol. The molecule has 2 aromatic rings. The van der Waals surface area contributed by atoms with Gasteiger partial charge in [0.15, 0.2) is 5.78 Å². The molecule has 2 rings (SSSR count). The molecule has 0 amide bonds. The lowest BCUT2D eigenvalue weighted by atomic mass is 9.99. The van der Waals surface area contributed by atoms with Crippen molar-refractivity contribution in [2.24, 2.45) is 0 Å². The normalized spacial score (nSPS) is 10.1. The van der Waals surface area contributed by atoms with Gasteiger partial charge in [0.25, 0.3) is 0 Å². The molecule has 0 saturated carbocycles. The number of carbonyl (C=O) groups excluding carboxylic acids is 2. The Morgan fingerprint density at radius 2 is 1.83 bits per heavy atom. The number of halogens is 2. The Hall–Kier alpha value is -1.45. The smallest absolute Gasteiger partial charge is 0.234 e. The van der Waals surface area contributed by atoms with E-state index in [0.717, 1.165) is 4.47 Å². The maximum Gasteiger partial charge on any atom is 0.234 e. The van der Waals surface area contributed by atoms with Crippen LogP contribution < -0.4 is 0 Å². The van der Waals surface area contributed by atoms with E-state index in [-0.39, 0.29) is 16.9 Å². The van der Waals surface area contributed by atoms with Crippen molar-refractivity contribution in [1.82, 2.24) is 0 Å². The third-order valence-electron chi connectivity index (χ3n) is 2.45. The molecular formula is C14H7BrClO2. The minimum Gasteiger partial charge on any atom is -0.289 e. The molecule has 0 aliphatic heterocycles. The van der Waals surface area contributed by atoms with Crippen LogP contribution in [-0.2, 0) is 4.79 Å². The molecule has 0 unspecified atom stereocenters. The molecule has 89 valence electrons. The van der Waals surface area contributed by atoms with Gasteiger partial charge in [-0.05, 0) is 30.3 Å². The van der Waals surface area contributed by atoms with Crippen LogP contribution in [0.5, 0.6) is 0 Å². The molecule has 2 aromatic carbocycles. The zero-order chi connectivity index (χ0) is 13.1. The van der Waals surface area contributed by atoms with Gasteiger partial charge in [-0.1, -0.05) is 39.7 Å². The van der Waals surface area contributed by atoms with Crippen molar-refractivity contribution in [3.8, 4) is 0 Å². The summed E-state index contributed by atoms with van der Waals surface area (Å²) in [6.45, 7) is 0. The fourth-order valence-corrected chi connectivity index (χ4v) is 2.17. The first-order chi connectivity index (χ1) is 8.63. The van der Waals surface area contributed by atoms with Crippen molar-refractivity contribution in [3.05, 3.63) is 68.7 Å². The summed E-state index contributed by atoms with van der Waals surface area (Å²) in [4.78, 5) is 23.1. The number of hydrogen-bond donors (Lipinski definition) is 0. The highest BCUT2D eigenvalue weighted by molar-refractivity contribution is 9.10. The van der Waals surface area contributed by atoms with Gasteiger partial charge >= 0.3 is 0 Å². The molecule has 18 heavy (non-hydrogen) atoms. The molecule has 0 N–H and O–H groups in total. The van der Waals surface area contributed by atoms with Gasteiger partial charge < -0.3 is 0 Å². The second kappa shape index (κ2) is 5.46. The fraction of sp³-hybridized carbons (Fsp3) is 0. The van der Waals surface area contributed by atoms with Crippen LogP contribution in [0.4, 0.5) is 0 Å². The lowest BCUT2D eigenvalue weighted by Crippen LogP contribution is -2.06. The Morgan fingerprint density at radius 3 is 2.50 bits per heavy atom. The van der Waals surface area contributed by atoms with E-state index in [4.69, 9.17) is 11.6 Å². The molecule has 0 bridgehead atoms. The Kier molecular flexibility index (Phi) is 3.94. The third kappa shape index (κ3) is 2.52. The third-order valence-corrected chi connectivity index (χ3v) is 3.28. The summed E-state index contributed by atoms with van der Waals surface area (Å²) in [6.07, 6.45) is 1.76. The number of rotatable bonds is 3. The second-order valence-electron chi connectivity index (χ2n) is 3.60. The molecule has 0 aromatic heterocycles. The van der Waals surface area contributed by atoms with Gasteiger partial charge in [-0.15, -0.1) is 0 Å². The molecule has 0 aliphatic rings. The van der Waals surface area contributed by atoms with E-state index in [9.17, 15) is 9.59 Å². The highest BCUT2D eigenvalue weighted by Crippen LogP contribution is 2.23. The molecule has 0 fully saturated rings. The van der Waals surface area contributed by atoms with Crippen molar-refractivity contribution >= 4 is 39.6 Å². The predicted octanol–water partition coefficient (Wildman–Crippen LogP) is 3.79. The van der Waals surface area contributed by atoms with E-state index in [2.05, 4.69) is 15.9 Å². The van der Waals surface area contributed by atoms with Crippen molar-refractivity contribution < 1.29 is 9.59 Å². The lowest BCUT2D eigenvalue weighted by Gasteiger charge is -2.06. The second-order valence-corrected chi connectivity index (χ2v) is 4.92. The van der Waals surface area contributed by atoms with Gasteiger partial charge in [0, 0.05) is 21.2 Å². The Balaban J connectivity index is 2.56. The average Bonchev–Trinajstić information content (AvgIpc) is 2.38. The molecule has 0 spiro atoms.